The molecule has 2 unspecified atom stereocenters. The highest BCUT2D eigenvalue weighted by Crippen LogP contribution is 2.39. The van der Waals surface area contributed by atoms with Gasteiger partial charge in [0.05, 0.1) is 0 Å². The maximum absolute atomic E-state index is 12.3. The van der Waals surface area contributed by atoms with Gasteiger partial charge in [-0.1, -0.05) is 74.5 Å². The summed E-state index contributed by atoms with van der Waals surface area (Å²) in [6.07, 6.45) is 1.84. The molecule has 234 valence electrons. The first-order valence-corrected chi connectivity index (χ1v) is 17.7. The molecule has 0 N–H and O–H groups in total. The van der Waals surface area contributed by atoms with Gasteiger partial charge in [-0.25, -0.2) is 0 Å². The highest BCUT2D eigenvalue weighted by molar-refractivity contribution is 7.87. The molecule has 0 saturated heterocycles. The van der Waals surface area contributed by atoms with Crippen LogP contribution in [0.3, 0.4) is 0 Å². The molecule has 0 aliphatic heterocycles. The van der Waals surface area contributed by atoms with Gasteiger partial charge in [0.2, 0.25) is 0 Å². The highest BCUT2D eigenvalue weighted by atomic mass is 32.2. The Balaban J connectivity index is 1.29. The molecule has 0 aliphatic carbocycles. The Bertz CT molecular complexity index is 1510. The maximum atomic E-state index is 12.3. The molecule has 0 aromatic heterocycles. The lowest BCUT2D eigenvalue weighted by Gasteiger charge is -2.26. The van der Waals surface area contributed by atoms with E-state index in [1.807, 2.05) is 48.5 Å². The van der Waals surface area contributed by atoms with E-state index in [9.17, 15) is 16.8 Å². The van der Waals surface area contributed by atoms with Gasteiger partial charge in [-0.2, -0.15) is 16.8 Å². The Morgan fingerprint density at radius 3 is 1.14 bits per heavy atom. The van der Waals surface area contributed by atoms with E-state index in [-0.39, 0.29) is 48.1 Å². The number of para-hydroxylation sites is 2. The van der Waals surface area contributed by atoms with Crippen LogP contribution < -0.4 is 17.8 Å². The van der Waals surface area contributed by atoms with Crippen molar-refractivity contribution in [1.82, 2.24) is 0 Å². The molecule has 44 heavy (non-hydrogen) atoms. The molecular weight excluding hydrogens is 601 g/mol. The first kappa shape index (κ1) is 32.9. The molecule has 0 aliphatic rings. The molecule has 4 aromatic rings. The smallest absolute Gasteiger partial charge is 0.312 e. The number of rotatable bonds is 17. The van der Waals surface area contributed by atoms with Crippen LogP contribution in [0.4, 0.5) is 0 Å². The van der Waals surface area contributed by atoms with Gasteiger partial charge in [-0.15, -0.1) is 0 Å². The van der Waals surface area contributed by atoms with E-state index in [2.05, 4.69) is 13.8 Å². The predicted molar refractivity (Wildman–Crippen MR) is 172 cm³/mol. The Morgan fingerprint density at radius 1 is 0.477 bits per heavy atom. The van der Waals surface area contributed by atoms with Gasteiger partial charge in [-0.3, -0.25) is 0 Å². The summed E-state index contributed by atoms with van der Waals surface area (Å²) in [6.45, 7) is 4.27. The van der Waals surface area contributed by atoms with Crippen LogP contribution in [0, 0.1) is 0 Å². The molecule has 2 atom stereocenters. The minimum absolute atomic E-state index is 0.0241. The quantitative estimate of drug-likeness (QED) is 0.115. The lowest BCUT2D eigenvalue weighted by molar-refractivity contribution is 0.335. The molecule has 0 bridgehead atoms. The van der Waals surface area contributed by atoms with Gasteiger partial charge >= 0.3 is 20.2 Å². The number of hydrogen-bond acceptors (Lipinski definition) is 8. The topological polar surface area (TPSA) is 105 Å². The van der Waals surface area contributed by atoms with Crippen molar-refractivity contribution in [3.63, 3.8) is 0 Å². The summed E-state index contributed by atoms with van der Waals surface area (Å²) in [6, 6.07) is 32.3. The van der Waals surface area contributed by atoms with Crippen molar-refractivity contribution in [2.75, 3.05) is 24.7 Å². The second kappa shape index (κ2) is 15.6. The fourth-order valence-electron chi connectivity index (χ4n) is 4.98. The van der Waals surface area contributed by atoms with E-state index in [4.69, 9.17) is 17.8 Å². The van der Waals surface area contributed by atoms with Crippen molar-refractivity contribution in [2.24, 2.45) is 0 Å². The third-order valence-electron chi connectivity index (χ3n) is 7.12. The van der Waals surface area contributed by atoms with Gasteiger partial charge in [0.1, 0.15) is 47.7 Å². The van der Waals surface area contributed by atoms with Crippen molar-refractivity contribution < 1.29 is 34.7 Å². The summed E-state index contributed by atoms with van der Waals surface area (Å²) in [4.78, 5) is 0. The van der Waals surface area contributed by atoms with Crippen LogP contribution in [0.1, 0.15) is 49.7 Å². The minimum Gasteiger partial charge on any atom is -0.492 e. The summed E-state index contributed by atoms with van der Waals surface area (Å²) in [5, 5.41) is 0. The SMILES string of the molecule is CCC(c1ccc(OCCS(=O)(=O)Oc2ccccc2)cc1)C(CC)c1ccc(OCCS(=O)(=O)Oc2ccccc2)cc1. The van der Waals surface area contributed by atoms with Gasteiger partial charge in [0.25, 0.3) is 0 Å². The lowest BCUT2D eigenvalue weighted by Crippen LogP contribution is -2.19. The zero-order valence-electron chi connectivity index (χ0n) is 24.9. The van der Waals surface area contributed by atoms with Crippen molar-refractivity contribution in [3.05, 3.63) is 120 Å². The van der Waals surface area contributed by atoms with Crippen LogP contribution in [0.2, 0.25) is 0 Å². The average molecular weight is 639 g/mol. The van der Waals surface area contributed by atoms with Crippen LogP contribution in [0.25, 0.3) is 0 Å². The van der Waals surface area contributed by atoms with E-state index in [1.54, 1.807) is 60.7 Å². The standard InChI is InChI=1S/C34H38O8S2/c1-3-33(27-15-19-29(20-16-27)39-23-25-43(35,36)41-31-11-7-5-8-12-31)34(4-2)28-17-21-30(22-18-28)40-24-26-44(37,38)42-32-13-9-6-10-14-32/h5-22,33-34H,3-4,23-26H2,1-2H3. The van der Waals surface area contributed by atoms with Crippen molar-refractivity contribution in [2.45, 2.75) is 38.5 Å². The third-order valence-corrected chi connectivity index (χ3v) is 9.34. The van der Waals surface area contributed by atoms with Gasteiger partial charge in [0.15, 0.2) is 0 Å². The fraction of sp³-hybridized carbons (Fsp3) is 0.294. The number of benzene rings is 4. The van der Waals surface area contributed by atoms with Crippen LogP contribution in [0.5, 0.6) is 23.0 Å². The van der Waals surface area contributed by atoms with Crippen LogP contribution in [-0.4, -0.2) is 41.6 Å². The van der Waals surface area contributed by atoms with Crippen LogP contribution in [0.15, 0.2) is 109 Å². The highest BCUT2D eigenvalue weighted by Gasteiger charge is 2.22. The van der Waals surface area contributed by atoms with E-state index < -0.39 is 20.2 Å². The Morgan fingerprint density at radius 2 is 0.818 bits per heavy atom. The summed E-state index contributed by atoms with van der Waals surface area (Å²) in [5.74, 6) is 1.69. The molecule has 0 amide bonds. The molecule has 10 heteroatoms. The largest absolute Gasteiger partial charge is 0.492 e. The summed E-state index contributed by atoms with van der Waals surface area (Å²) in [5.41, 5.74) is 2.33. The number of ether oxygens (including phenoxy) is 2. The van der Waals surface area contributed by atoms with Gasteiger partial charge in [-0.05, 0) is 84.3 Å². The fourth-order valence-corrected chi connectivity index (χ4v) is 6.53. The van der Waals surface area contributed by atoms with Crippen LogP contribution in [-0.2, 0) is 20.2 Å². The number of hydrogen-bond donors (Lipinski definition) is 0. The molecular formula is C34H38O8S2. The first-order chi connectivity index (χ1) is 21.2. The second-order valence-electron chi connectivity index (χ2n) is 10.2. The minimum atomic E-state index is -3.77. The second-order valence-corrected chi connectivity index (χ2v) is 13.6. The molecule has 4 aromatic carbocycles. The predicted octanol–water partition coefficient (Wildman–Crippen LogP) is 6.95. The van der Waals surface area contributed by atoms with E-state index in [1.165, 1.54) is 0 Å². The zero-order valence-corrected chi connectivity index (χ0v) is 26.5. The Labute approximate surface area is 260 Å². The third kappa shape index (κ3) is 10.0. The van der Waals surface area contributed by atoms with Gasteiger partial charge < -0.3 is 17.8 Å². The van der Waals surface area contributed by atoms with Crippen LogP contribution >= 0.6 is 0 Å². The van der Waals surface area contributed by atoms with Crippen molar-refractivity contribution >= 4 is 20.2 Å². The monoisotopic (exact) mass is 638 g/mol. The Hall–Kier alpha value is -4.02. The molecule has 0 heterocycles. The molecule has 8 nitrogen and oxygen atoms in total. The zero-order chi connectivity index (χ0) is 31.4. The first-order valence-electron chi connectivity index (χ1n) is 14.6. The molecule has 0 fully saturated rings. The van der Waals surface area contributed by atoms with Crippen molar-refractivity contribution in [1.29, 1.82) is 0 Å². The summed E-state index contributed by atoms with van der Waals surface area (Å²) in [7, 11) is -7.54. The van der Waals surface area contributed by atoms with E-state index in [0.29, 0.717) is 11.5 Å². The maximum Gasteiger partial charge on any atom is 0.312 e. The Kier molecular flexibility index (Phi) is 11.7. The van der Waals surface area contributed by atoms with Crippen molar-refractivity contribution in [3.8, 4) is 23.0 Å². The summed E-state index contributed by atoms with van der Waals surface area (Å²) < 4.78 is 70.6. The van der Waals surface area contributed by atoms with E-state index in [0.717, 1.165) is 24.0 Å². The van der Waals surface area contributed by atoms with Gasteiger partial charge in [0, 0.05) is 0 Å². The summed E-state index contributed by atoms with van der Waals surface area (Å²) >= 11 is 0. The van der Waals surface area contributed by atoms with E-state index >= 15 is 0 Å². The average Bonchev–Trinajstić information content (AvgIpc) is 3.01. The molecule has 0 radical (unpaired) electrons. The molecule has 0 spiro atoms. The normalized spacial score (nSPS) is 13.0. The lowest BCUT2D eigenvalue weighted by atomic mass is 9.78. The molecule has 0 saturated carbocycles. The molecule has 4 rings (SSSR count).